The maximum atomic E-state index is 13.1. The van der Waals surface area contributed by atoms with Gasteiger partial charge in [-0.15, -0.1) is 0 Å². The highest BCUT2D eigenvalue weighted by atomic mass is 32.2. The summed E-state index contributed by atoms with van der Waals surface area (Å²) in [5.74, 6) is -0.378. The van der Waals surface area contributed by atoms with Crippen LogP contribution in [0.5, 0.6) is 0 Å². The topological polar surface area (TPSA) is 51.1 Å². The van der Waals surface area contributed by atoms with E-state index in [0.717, 1.165) is 27.3 Å². The molecule has 0 fully saturated rings. The number of anilines is 1. The fourth-order valence-electron chi connectivity index (χ4n) is 4.04. The van der Waals surface area contributed by atoms with Gasteiger partial charge in [-0.3, -0.25) is 9.59 Å². The number of aromatic nitrogens is 1. The van der Waals surface area contributed by atoms with E-state index in [1.54, 1.807) is 18.0 Å². The van der Waals surface area contributed by atoms with Crippen LogP contribution in [0.1, 0.15) is 28.9 Å². The third-order valence-corrected chi connectivity index (χ3v) is 6.56. The molecule has 1 N–H and O–H groups in total. The van der Waals surface area contributed by atoms with Gasteiger partial charge in [0.15, 0.2) is 0 Å². The van der Waals surface area contributed by atoms with Crippen LogP contribution in [0.25, 0.3) is 10.9 Å². The number of hydrogen-bond acceptors (Lipinski definition) is 3. The highest BCUT2D eigenvalue weighted by Gasteiger charge is 2.24. The number of carbonyl (C=O) groups excluding carboxylic acids is 1. The van der Waals surface area contributed by atoms with Crippen molar-refractivity contribution in [3.05, 3.63) is 100 Å². The summed E-state index contributed by atoms with van der Waals surface area (Å²) in [5, 5.41) is 3.57. The molecule has 5 heteroatoms. The van der Waals surface area contributed by atoms with Crippen molar-refractivity contribution in [2.24, 2.45) is 0 Å². The normalized spacial score (nSPS) is 14.8. The first-order valence-electron chi connectivity index (χ1n) is 9.92. The van der Waals surface area contributed by atoms with Gasteiger partial charge < -0.3 is 9.88 Å². The van der Waals surface area contributed by atoms with Gasteiger partial charge in [-0.05, 0) is 49.2 Å². The van der Waals surface area contributed by atoms with Crippen LogP contribution >= 0.6 is 11.8 Å². The lowest BCUT2D eigenvalue weighted by Crippen LogP contribution is -2.24. The second kappa shape index (κ2) is 7.50. The van der Waals surface area contributed by atoms with E-state index in [-0.39, 0.29) is 22.9 Å². The average Bonchev–Trinajstić information content (AvgIpc) is 3.08. The van der Waals surface area contributed by atoms with Gasteiger partial charge in [0.1, 0.15) is 5.56 Å². The van der Waals surface area contributed by atoms with Crippen molar-refractivity contribution in [3.63, 3.8) is 0 Å². The Bertz CT molecular complexity index is 1330. The molecule has 30 heavy (non-hydrogen) atoms. The van der Waals surface area contributed by atoms with Gasteiger partial charge >= 0.3 is 0 Å². The number of para-hydroxylation sites is 2. The number of hydrogen-bond donors (Lipinski definition) is 1. The lowest BCUT2D eigenvalue weighted by molar-refractivity contribution is 0.102. The molecular weight excluding hydrogens is 392 g/mol. The Morgan fingerprint density at radius 3 is 2.60 bits per heavy atom. The molecule has 4 aromatic rings. The Hall–Kier alpha value is -3.31. The second-order valence-corrected chi connectivity index (χ2v) is 8.63. The van der Waals surface area contributed by atoms with E-state index in [9.17, 15) is 9.59 Å². The Labute approximate surface area is 178 Å². The molecule has 0 spiro atoms. The van der Waals surface area contributed by atoms with Crippen LogP contribution in [0.4, 0.5) is 5.69 Å². The molecule has 1 unspecified atom stereocenters. The maximum Gasteiger partial charge on any atom is 0.261 e. The summed E-state index contributed by atoms with van der Waals surface area (Å²) >= 11 is 1.58. The average molecular weight is 413 g/mol. The lowest BCUT2D eigenvalue weighted by Gasteiger charge is -2.14. The predicted molar refractivity (Wildman–Crippen MR) is 122 cm³/mol. The molecule has 148 valence electrons. The van der Waals surface area contributed by atoms with Crippen LogP contribution in [0.15, 0.2) is 93.6 Å². The zero-order valence-electron chi connectivity index (χ0n) is 16.5. The molecule has 1 amide bonds. The second-order valence-electron chi connectivity index (χ2n) is 7.51. The number of rotatable bonds is 4. The van der Waals surface area contributed by atoms with Crippen molar-refractivity contribution in [2.45, 2.75) is 29.2 Å². The zero-order valence-corrected chi connectivity index (χ0v) is 17.3. The van der Waals surface area contributed by atoms with Gasteiger partial charge in [0.05, 0.1) is 11.2 Å². The van der Waals surface area contributed by atoms with Crippen molar-refractivity contribution in [2.75, 3.05) is 5.32 Å². The summed E-state index contributed by atoms with van der Waals surface area (Å²) in [6.45, 7) is 2.11. The molecule has 0 aliphatic carbocycles. The largest absolute Gasteiger partial charge is 0.343 e. The number of nitrogens with zero attached hydrogens (tertiary/aromatic N) is 1. The molecule has 3 aromatic carbocycles. The van der Waals surface area contributed by atoms with Crippen LogP contribution in [-0.4, -0.2) is 10.5 Å². The van der Waals surface area contributed by atoms with E-state index in [0.29, 0.717) is 11.1 Å². The third kappa shape index (κ3) is 3.21. The summed E-state index contributed by atoms with van der Waals surface area (Å²) in [5.41, 5.74) is 2.76. The fourth-order valence-corrected chi connectivity index (χ4v) is 4.96. The van der Waals surface area contributed by atoms with Crippen molar-refractivity contribution in [1.82, 2.24) is 4.57 Å². The monoisotopic (exact) mass is 412 g/mol. The Morgan fingerprint density at radius 2 is 1.77 bits per heavy atom. The maximum absolute atomic E-state index is 13.1. The van der Waals surface area contributed by atoms with Gasteiger partial charge in [0.25, 0.3) is 5.91 Å². The molecule has 1 aliphatic rings. The number of pyridine rings is 1. The minimum atomic E-state index is -0.378. The highest BCUT2D eigenvalue weighted by Crippen LogP contribution is 2.34. The van der Waals surface area contributed by atoms with E-state index in [1.165, 1.54) is 0 Å². The predicted octanol–water partition coefficient (Wildman–Crippen LogP) is 5.52. The molecule has 1 aromatic heterocycles. The third-order valence-electron chi connectivity index (χ3n) is 5.48. The Morgan fingerprint density at radius 1 is 1.00 bits per heavy atom. The fraction of sp³-hybridized carbons (Fsp3) is 0.120. The van der Waals surface area contributed by atoms with Gasteiger partial charge in [0.2, 0.25) is 5.43 Å². The minimum Gasteiger partial charge on any atom is -0.343 e. The van der Waals surface area contributed by atoms with E-state index in [1.807, 2.05) is 66.7 Å². The quantitative estimate of drug-likeness (QED) is 0.480. The van der Waals surface area contributed by atoms with Crippen molar-refractivity contribution in [1.29, 1.82) is 0 Å². The van der Waals surface area contributed by atoms with Crippen LogP contribution in [0, 0.1) is 0 Å². The number of amides is 1. The first kappa shape index (κ1) is 18.7. The SMILES string of the molecule is CC1Cc2cccc3c(=O)c(C(=O)Nc4ccccc4Sc4ccccc4)cn1c23. The summed E-state index contributed by atoms with van der Waals surface area (Å²) in [6, 6.07) is 23.6. The minimum absolute atomic E-state index is 0.174. The molecule has 2 heterocycles. The van der Waals surface area contributed by atoms with E-state index >= 15 is 0 Å². The van der Waals surface area contributed by atoms with Gasteiger partial charge in [-0.25, -0.2) is 0 Å². The molecule has 4 nitrogen and oxygen atoms in total. The van der Waals surface area contributed by atoms with Gasteiger partial charge in [0, 0.05) is 27.4 Å². The van der Waals surface area contributed by atoms with E-state index in [2.05, 4.69) is 22.9 Å². The highest BCUT2D eigenvalue weighted by molar-refractivity contribution is 7.99. The molecule has 0 saturated heterocycles. The summed E-state index contributed by atoms with van der Waals surface area (Å²) in [6.07, 6.45) is 2.59. The Balaban J connectivity index is 1.52. The van der Waals surface area contributed by atoms with Gasteiger partial charge in [-0.2, -0.15) is 0 Å². The van der Waals surface area contributed by atoms with Crippen molar-refractivity contribution >= 4 is 34.3 Å². The smallest absolute Gasteiger partial charge is 0.261 e. The van der Waals surface area contributed by atoms with Crippen molar-refractivity contribution in [3.8, 4) is 0 Å². The molecule has 0 saturated carbocycles. The van der Waals surface area contributed by atoms with Gasteiger partial charge in [-0.1, -0.05) is 54.2 Å². The van der Waals surface area contributed by atoms with Crippen LogP contribution < -0.4 is 10.7 Å². The molecule has 1 atom stereocenters. The molecule has 5 rings (SSSR count). The molecule has 1 aliphatic heterocycles. The molecule has 0 bridgehead atoms. The van der Waals surface area contributed by atoms with E-state index in [4.69, 9.17) is 0 Å². The first-order chi connectivity index (χ1) is 14.6. The molecular formula is C25H20N2O2S. The number of carbonyl (C=O) groups is 1. The van der Waals surface area contributed by atoms with Crippen LogP contribution in [0.2, 0.25) is 0 Å². The Kier molecular flexibility index (Phi) is 4.68. The lowest BCUT2D eigenvalue weighted by atomic mass is 10.1. The summed E-state index contributed by atoms with van der Waals surface area (Å²) in [4.78, 5) is 28.2. The zero-order chi connectivity index (χ0) is 20.7. The number of benzene rings is 3. The van der Waals surface area contributed by atoms with Crippen molar-refractivity contribution < 1.29 is 4.79 Å². The van der Waals surface area contributed by atoms with Crippen LogP contribution in [0.3, 0.4) is 0 Å². The van der Waals surface area contributed by atoms with E-state index < -0.39 is 0 Å². The molecule has 0 radical (unpaired) electrons. The number of nitrogens with one attached hydrogen (secondary N) is 1. The van der Waals surface area contributed by atoms with Crippen LogP contribution in [-0.2, 0) is 6.42 Å². The first-order valence-corrected chi connectivity index (χ1v) is 10.7. The summed E-state index contributed by atoms with van der Waals surface area (Å²) < 4.78 is 2.06. The standard InChI is InChI=1S/C25H20N2O2S/c1-16-14-17-8-7-11-19-23(17)27(16)15-20(24(19)28)25(29)26-21-12-5-6-13-22(21)30-18-9-3-2-4-10-18/h2-13,15-16H,14H2,1H3,(H,26,29). The summed E-state index contributed by atoms with van der Waals surface area (Å²) in [7, 11) is 0.